The maximum Gasteiger partial charge on any atom is 0.286 e. The summed E-state index contributed by atoms with van der Waals surface area (Å²) >= 11 is 7.02. The topological polar surface area (TPSA) is 84.4 Å². The molecule has 2 amide bonds. The Hall–Kier alpha value is -2.97. The highest BCUT2D eigenvalue weighted by Gasteiger charge is 2.18. The van der Waals surface area contributed by atoms with Crippen LogP contribution < -0.4 is 10.1 Å². The third-order valence-corrected chi connectivity index (χ3v) is 6.25. The molecule has 1 aromatic heterocycles. The molecule has 0 unspecified atom stereocenters. The molecule has 0 atom stereocenters. The molecule has 0 aliphatic carbocycles. The lowest BCUT2D eigenvalue weighted by Crippen LogP contribution is -2.31. The summed E-state index contributed by atoms with van der Waals surface area (Å²) < 4.78 is 5.64. The van der Waals surface area contributed by atoms with E-state index in [0.717, 1.165) is 50.1 Å². The summed E-state index contributed by atoms with van der Waals surface area (Å²) in [5, 5.41) is 12.2. The number of anilines is 1. The summed E-state index contributed by atoms with van der Waals surface area (Å²) in [5.74, 6) is 0.279. The Kier molecular flexibility index (Phi) is 7.34. The lowest BCUT2D eigenvalue weighted by Gasteiger charge is -2.20. The van der Waals surface area contributed by atoms with E-state index in [2.05, 4.69) is 15.5 Å². The highest BCUT2D eigenvalue weighted by atomic mass is 35.5. The van der Waals surface area contributed by atoms with Gasteiger partial charge in [-0.2, -0.15) is 0 Å². The maximum atomic E-state index is 12.8. The van der Waals surface area contributed by atoms with E-state index in [0.29, 0.717) is 27.0 Å². The molecule has 2 aromatic carbocycles. The van der Waals surface area contributed by atoms with Gasteiger partial charge < -0.3 is 15.0 Å². The first-order chi connectivity index (χ1) is 15.6. The minimum atomic E-state index is -0.375. The lowest BCUT2D eigenvalue weighted by atomic mass is 10.1. The Morgan fingerprint density at radius 1 is 1.03 bits per heavy atom. The molecule has 1 aliphatic heterocycles. The molecule has 166 valence electrons. The number of hydrogen-bond acceptors (Lipinski definition) is 6. The van der Waals surface area contributed by atoms with Crippen molar-refractivity contribution in [3.05, 3.63) is 69.1 Å². The average molecular weight is 471 g/mol. The largest absolute Gasteiger partial charge is 0.486 e. The molecule has 7 nitrogen and oxygen atoms in total. The fourth-order valence-electron chi connectivity index (χ4n) is 3.45. The van der Waals surface area contributed by atoms with Crippen LogP contribution >= 0.6 is 22.9 Å². The summed E-state index contributed by atoms with van der Waals surface area (Å²) in [4.78, 5) is 27.4. The number of benzene rings is 2. The van der Waals surface area contributed by atoms with Gasteiger partial charge in [-0.15, -0.1) is 10.2 Å². The fraction of sp³-hybridized carbons (Fsp3) is 0.304. The molecule has 0 bridgehead atoms. The van der Waals surface area contributed by atoms with E-state index in [1.807, 2.05) is 4.90 Å². The summed E-state index contributed by atoms with van der Waals surface area (Å²) in [6.45, 7) is 1.76. The van der Waals surface area contributed by atoms with E-state index in [1.54, 1.807) is 48.5 Å². The van der Waals surface area contributed by atoms with Crippen LogP contribution in [0.3, 0.4) is 0 Å². The Balaban J connectivity index is 1.36. The van der Waals surface area contributed by atoms with Crippen LogP contribution in [0.4, 0.5) is 5.69 Å². The van der Waals surface area contributed by atoms with Crippen molar-refractivity contribution in [2.24, 2.45) is 0 Å². The SMILES string of the molecule is O=C(Nc1cccc(C(=O)N2CCCCCC2)c1)c1nnc(COc2ccc(Cl)cc2)s1. The molecule has 32 heavy (non-hydrogen) atoms. The van der Waals surface area contributed by atoms with Crippen molar-refractivity contribution in [1.82, 2.24) is 15.1 Å². The summed E-state index contributed by atoms with van der Waals surface area (Å²) in [7, 11) is 0. The van der Waals surface area contributed by atoms with Crippen molar-refractivity contribution >= 4 is 40.4 Å². The minimum absolute atomic E-state index is 0.000508. The predicted octanol–water partition coefficient (Wildman–Crippen LogP) is 5.04. The number of nitrogens with zero attached hydrogens (tertiary/aromatic N) is 3. The molecule has 4 rings (SSSR count). The molecule has 0 saturated carbocycles. The summed E-state index contributed by atoms with van der Waals surface area (Å²) in [6.07, 6.45) is 4.38. The van der Waals surface area contributed by atoms with Crippen molar-refractivity contribution < 1.29 is 14.3 Å². The molecule has 3 aromatic rings. The van der Waals surface area contributed by atoms with Gasteiger partial charge in [0.05, 0.1) is 0 Å². The Labute approximate surface area is 195 Å². The first-order valence-corrected chi connectivity index (χ1v) is 11.7. The number of ether oxygens (including phenoxy) is 1. The highest BCUT2D eigenvalue weighted by molar-refractivity contribution is 7.13. The number of carbonyl (C=O) groups excluding carboxylic acids is 2. The molecule has 1 fully saturated rings. The summed E-state index contributed by atoms with van der Waals surface area (Å²) in [5.41, 5.74) is 1.11. The number of amides is 2. The fourth-order valence-corrected chi connectivity index (χ4v) is 4.22. The van der Waals surface area contributed by atoms with E-state index in [4.69, 9.17) is 16.3 Å². The van der Waals surface area contributed by atoms with Gasteiger partial charge in [-0.05, 0) is 55.3 Å². The number of rotatable bonds is 6. The van der Waals surface area contributed by atoms with E-state index in [9.17, 15) is 9.59 Å². The Morgan fingerprint density at radius 2 is 1.78 bits per heavy atom. The van der Waals surface area contributed by atoms with Gasteiger partial charge in [-0.1, -0.05) is 41.8 Å². The van der Waals surface area contributed by atoms with Gasteiger partial charge in [0.25, 0.3) is 11.8 Å². The third-order valence-electron chi connectivity index (χ3n) is 5.10. The van der Waals surface area contributed by atoms with Crippen molar-refractivity contribution in [1.29, 1.82) is 0 Å². The van der Waals surface area contributed by atoms with Crippen molar-refractivity contribution in [2.75, 3.05) is 18.4 Å². The van der Waals surface area contributed by atoms with E-state index < -0.39 is 0 Å². The number of likely N-dealkylation sites (tertiary alicyclic amines) is 1. The van der Waals surface area contributed by atoms with Crippen LogP contribution in [0.15, 0.2) is 48.5 Å². The van der Waals surface area contributed by atoms with Gasteiger partial charge >= 0.3 is 0 Å². The predicted molar refractivity (Wildman–Crippen MR) is 124 cm³/mol. The second-order valence-corrected chi connectivity index (χ2v) is 8.98. The second kappa shape index (κ2) is 10.6. The molecule has 1 N–H and O–H groups in total. The van der Waals surface area contributed by atoms with E-state index >= 15 is 0 Å². The van der Waals surface area contributed by atoms with Gasteiger partial charge in [0.2, 0.25) is 5.01 Å². The second-order valence-electron chi connectivity index (χ2n) is 7.48. The molecular formula is C23H23ClN4O3S. The number of nitrogens with one attached hydrogen (secondary N) is 1. The van der Waals surface area contributed by atoms with Gasteiger partial charge in [-0.25, -0.2) is 0 Å². The average Bonchev–Trinajstić information content (AvgIpc) is 3.12. The van der Waals surface area contributed by atoms with Crippen LogP contribution in [0.2, 0.25) is 5.02 Å². The smallest absolute Gasteiger partial charge is 0.286 e. The number of hydrogen-bond donors (Lipinski definition) is 1. The van der Waals surface area contributed by atoms with Crippen LogP contribution in [0, 0.1) is 0 Å². The quantitative estimate of drug-likeness (QED) is 0.545. The maximum absolute atomic E-state index is 12.8. The minimum Gasteiger partial charge on any atom is -0.486 e. The van der Waals surface area contributed by atoms with E-state index in [-0.39, 0.29) is 23.4 Å². The van der Waals surface area contributed by atoms with Crippen LogP contribution in [-0.4, -0.2) is 40.0 Å². The lowest BCUT2D eigenvalue weighted by molar-refractivity contribution is 0.0761. The number of halogens is 1. The standard InChI is InChI=1S/C23H23ClN4O3S/c24-17-8-10-19(11-9-17)31-15-20-26-27-22(32-20)21(29)25-18-7-5-6-16(14-18)23(30)28-12-3-1-2-4-13-28/h5-11,14H,1-4,12-13,15H2,(H,25,29). The monoisotopic (exact) mass is 470 g/mol. The number of aromatic nitrogens is 2. The van der Waals surface area contributed by atoms with Crippen LogP contribution in [0.5, 0.6) is 5.75 Å². The molecular weight excluding hydrogens is 448 g/mol. The van der Waals surface area contributed by atoms with Gasteiger partial charge in [0.1, 0.15) is 12.4 Å². The zero-order valence-corrected chi connectivity index (χ0v) is 19.0. The zero-order valence-electron chi connectivity index (χ0n) is 17.4. The molecule has 0 spiro atoms. The van der Waals surface area contributed by atoms with Gasteiger partial charge in [0, 0.05) is 29.4 Å². The third kappa shape index (κ3) is 5.83. The highest BCUT2D eigenvalue weighted by Crippen LogP contribution is 2.20. The first kappa shape index (κ1) is 22.2. The van der Waals surface area contributed by atoms with Crippen molar-refractivity contribution in [3.63, 3.8) is 0 Å². The van der Waals surface area contributed by atoms with Crippen LogP contribution in [0.1, 0.15) is 50.9 Å². The Morgan fingerprint density at radius 3 is 2.53 bits per heavy atom. The molecule has 9 heteroatoms. The zero-order chi connectivity index (χ0) is 22.3. The van der Waals surface area contributed by atoms with Crippen molar-refractivity contribution in [2.45, 2.75) is 32.3 Å². The van der Waals surface area contributed by atoms with Crippen LogP contribution in [0.25, 0.3) is 0 Å². The van der Waals surface area contributed by atoms with Gasteiger partial charge in [0.15, 0.2) is 5.01 Å². The van der Waals surface area contributed by atoms with Gasteiger partial charge in [-0.3, -0.25) is 9.59 Å². The number of carbonyl (C=O) groups is 2. The molecule has 2 heterocycles. The molecule has 1 aliphatic rings. The van der Waals surface area contributed by atoms with Crippen LogP contribution in [-0.2, 0) is 6.61 Å². The van der Waals surface area contributed by atoms with E-state index in [1.165, 1.54) is 0 Å². The van der Waals surface area contributed by atoms with Crippen molar-refractivity contribution in [3.8, 4) is 5.75 Å². The molecule has 1 saturated heterocycles. The molecule has 0 radical (unpaired) electrons. The summed E-state index contributed by atoms with van der Waals surface area (Å²) in [6, 6.07) is 14.0. The normalized spacial score (nSPS) is 14.0. The Bertz CT molecular complexity index is 1080. The first-order valence-electron chi connectivity index (χ1n) is 10.5.